The minimum absolute atomic E-state index is 0.217. The van der Waals surface area contributed by atoms with Crippen LogP contribution in [0.15, 0.2) is 29.2 Å². The average Bonchev–Trinajstić information content (AvgIpc) is 2.74. The Morgan fingerprint density at radius 2 is 1.83 bits per heavy atom. The first-order valence-electron chi connectivity index (χ1n) is 8.43. The van der Waals surface area contributed by atoms with Gasteiger partial charge in [-0.1, -0.05) is 31.0 Å². The lowest BCUT2D eigenvalue weighted by molar-refractivity contribution is -0.149. The van der Waals surface area contributed by atoms with Gasteiger partial charge >= 0.3 is 5.97 Å². The molecule has 0 heterocycles. The molecule has 1 aromatic carbocycles. The average molecular weight is 338 g/mol. The van der Waals surface area contributed by atoms with Crippen molar-refractivity contribution in [1.29, 1.82) is 0 Å². The molecule has 0 spiro atoms. The maximum Gasteiger partial charge on any atom is 0.306 e. The van der Waals surface area contributed by atoms with E-state index in [2.05, 4.69) is 0 Å². The van der Waals surface area contributed by atoms with E-state index in [1.54, 1.807) is 12.1 Å². The van der Waals surface area contributed by atoms with E-state index in [9.17, 15) is 13.2 Å². The van der Waals surface area contributed by atoms with Gasteiger partial charge < -0.3 is 4.74 Å². The number of rotatable bonds is 5. The van der Waals surface area contributed by atoms with Crippen molar-refractivity contribution in [2.24, 2.45) is 0 Å². The van der Waals surface area contributed by atoms with Crippen LogP contribution in [0.2, 0.25) is 0 Å². The van der Waals surface area contributed by atoms with Crippen molar-refractivity contribution < 1.29 is 17.9 Å². The van der Waals surface area contributed by atoms with Crippen LogP contribution >= 0.6 is 0 Å². The van der Waals surface area contributed by atoms with Crippen LogP contribution in [0.1, 0.15) is 57.4 Å². The second kappa shape index (κ2) is 7.95. The molecule has 0 aliphatic heterocycles. The number of sulfone groups is 1. The third-order valence-electron chi connectivity index (χ3n) is 4.37. The van der Waals surface area contributed by atoms with Gasteiger partial charge in [0.05, 0.1) is 10.1 Å². The molecule has 1 aliphatic carbocycles. The highest BCUT2D eigenvalue weighted by Crippen LogP contribution is 2.29. The van der Waals surface area contributed by atoms with E-state index in [4.69, 9.17) is 4.74 Å². The largest absolute Gasteiger partial charge is 0.462 e. The molecule has 1 aromatic rings. The maximum atomic E-state index is 12.9. The normalized spacial score (nSPS) is 22.3. The molecule has 0 radical (unpaired) electrons. The highest BCUT2D eigenvalue weighted by molar-refractivity contribution is 7.92. The Morgan fingerprint density at radius 1 is 1.17 bits per heavy atom. The van der Waals surface area contributed by atoms with Crippen LogP contribution < -0.4 is 0 Å². The molecule has 0 bridgehead atoms. The number of hydrogen-bond donors (Lipinski definition) is 0. The van der Waals surface area contributed by atoms with Gasteiger partial charge in [0.1, 0.15) is 6.10 Å². The predicted octanol–water partition coefficient (Wildman–Crippen LogP) is 3.81. The topological polar surface area (TPSA) is 60.4 Å². The summed E-state index contributed by atoms with van der Waals surface area (Å²) < 4.78 is 31.2. The summed E-state index contributed by atoms with van der Waals surface area (Å²) in [5, 5.41) is -0.466. The lowest BCUT2D eigenvalue weighted by Gasteiger charge is -2.21. The molecule has 1 fully saturated rings. The van der Waals surface area contributed by atoms with Gasteiger partial charge in [-0.05, 0) is 44.7 Å². The molecule has 0 aromatic heterocycles. The molecule has 0 saturated heterocycles. The monoisotopic (exact) mass is 338 g/mol. The van der Waals surface area contributed by atoms with Crippen molar-refractivity contribution in [1.82, 2.24) is 0 Å². The van der Waals surface area contributed by atoms with Crippen LogP contribution in [0, 0.1) is 6.92 Å². The van der Waals surface area contributed by atoms with Crippen molar-refractivity contribution in [3.05, 3.63) is 29.8 Å². The minimum atomic E-state index is -3.37. The molecule has 0 N–H and O–H groups in total. The van der Waals surface area contributed by atoms with Crippen molar-refractivity contribution in [3.63, 3.8) is 0 Å². The summed E-state index contributed by atoms with van der Waals surface area (Å²) in [5.74, 6) is -0.217. The molecule has 5 heteroatoms. The minimum Gasteiger partial charge on any atom is -0.462 e. The molecular weight excluding hydrogens is 312 g/mol. The SMILES string of the molecule is CCCC(=O)O[C@@H]1CCCC[C@H](S(=O)(=O)c2ccc(C)cc2)C1. The third kappa shape index (κ3) is 4.80. The van der Waals surface area contributed by atoms with E-state index in [0.717, 1.165) is 31.2 Å². The van der Waals surface area contributed by atoms with Gasteiger partial charge in [0.2, 0.25) is 0 Å². The zero-order valence-corrected chi connectivity index (χ0v) is 14.8. The quantitative estimate of drug-likeness (QED) is 0.605. The summed E-state index contributed by atoms with van der Waals surface area (Å²) in [6.07, 6.45) is 4.44. The number of carbonyl (C=O) groups is 1. The van der Waals surface area contributed by atoms with E-state index in [1.165, 1.54) is 0 Å². The lowest BCUT2D eigenvalue weighted by Crippen LogP contribution is -2.27. The Balaban J connectivity index is 2.13. The Bertz CT molecular complexity index is 619. The standard InChI is InChI=1S/C18H26O4S/c1-3-6-18(19)22-15-7-4-5-8-17(13-15)23(20,21)16-11-9-14(2)10-12-16/h9-12,15,17H,3-8,13H2,1-2H3/t15-,17+/m1/s1. The van der Waals surface area contributed by atoms with E-state index in [1.807, 2.05) is 26.0 Å². The Morgan fingerprint density at radius 3 is 2.48 bits per heavy atom. The number of esters is 1. The molecule has 1 aliphatic rings. The van der Waals surface area contributed by atoms with Gasteiger partial charge in [0.25, 0.3) is 0 Å². The van der Waals surface area contributed by atoms with Gasteiger partial charge in [-0.3, -0.25) is 4.79 Å². The second-order valence-electron chi connectivity index (χ2n) is 6.36. The van der Waals surface area contributed by atoms with Gasteiger partial charge in [-0.25, -0.2) is 8.42 Å². The van der Waals surface area contributed by atoms with Crippen LogP contribution in [0.5, 0.6) is 0 Å². The van der Waals surface area contributed by atoms with Crippen LogP contribution in [-0.4, -0.2) is 25.7 Å². The van der Waals surface area contributed by atoms with Crippen molar-refractivity contribution >= 4 is 15.8 Å². The van der Waals surface area contributed by atoms with E-state index in [0.29, 0.717) is 24.2 Å². The smallest absolute Gasteiger partial charge is 0.306 e. The maximum absolute atomic E-state index is 12.9. The van der Waals surface area contributed by atoms with Gasteiger partial charge in [-0.2, -0.15) is 0 Å². The van der Waals surface area contributed by atoms with Crippen LogP contribution in [0.3, 0.4) is 0 Å². The summed E-state index contributed by atoms with van der Waals surface area (Å²) in [6.45, 7) is 3.87. The zero-order valence-electron chi connectivity index (χ0n) is 14.0. The summed E-state index contributed by atoms with van der Waals surface area (Å²) >= 11 is 0. The van der Waals surface area contributed by atoms with Crippen LogP contribution in [0.4, 0.5) is 0 Å². The lowest BCUT2D eigenvalue weighted by atomic mass is 10.1. The molecule has 23 heavy (non-hydrogen) atoms. The first-order valence-corrected chi connectivity index (χ1v) is 9.98. The van der Waals surface area contributed by atoms with E-state index < -0.39 is 15.1 Å². The predicted molar refractivity (Wildman–Crippen MR) is 90.0 cm³/mol. The number of carbonyl (C=O) groups excluding carboxylic acids is 1. The van der Waals surface area contributed by atoms with Gasteiger partial charge in [0.15, 0.2) is 9.84 Å². The van der Waals surface area contributed by atoms with Gasteiger partial charge in [0, 0.05) is 12.8 Å². The van der Waals surface area contributed by atoms with Gasteiger partial charge in [-0.15, -0.1) is 0 Å². The molecule has 128 valence electrons. The summed E-state index contributed by atoms with van der Waals surface area (Å²) in [5.41, 5.74) is 1.04. The fourth-order valence-electron chi connectivity index (χ4n) is 3.03. The van der Waals surface area contributed by atoms with Crippen molar-refractivity contribution in [2.75, 3.05) is 0 Å². The van der Waals surface area contributed by atoms with E-state index in [-0.39, 0.29) is 12.1 Å². The number of hydrogen-bond acceptors (Lipinski definition) is 4. The highest BCUT2D eigenvalue weighted by atomic mass is 32.2. The number of benzene rings is 1. The molecule has 0 unspecified atom stereocenters. The molecular formula is C18H26O4S. The molecule has 0 amide bonds. The first-order chi connectivity index (χ1) is 10.9. The third-order valence-corrected chi connectivity index (χ3v) is 6.60. The second-order valence-corrected chi connectivity index (χ2v) is 8.59. The fraction of sp³-hybridized carbons (Fsp3) is 0.611. The van der Waals surface area contributed by atoms with Crippen LogP contribution in [0.25, 0.3) is 0 Å². The molecule has 4 nitrogen and oxygen atoms in total. The first kappa shape index (κ1) is 18.0. The summed E-state index contributed by atoms with van der Waals surface area (Å²) in [7, 11) is -3.37. The zero-order chi connectivity index (χ0) is 16.9. The Hall–Kier alpha value is -1.36. The van der Waals surface area contributed by atoms with Crippen molar-refractivity contribution in [3.8, 4) is 0 Å². The summed E-state index contributed by atoms with van der Waals surface area (Å²) in [4.78, 5) is 12.1. The molecule has 2 rings (SSSR count). The van der Waals surface area contributed by atoms with E-state index >= 15 is 0 Å². The number of ether oxygens (including phenoxy) is 1. The summed E-state index contributed by atoms with van der Waals surface area (Å²) in [6, 6.07) is 6.99. The Kier molecular flexibility index (Phi) is 6.22. The highest BCUT2D eigenvalue weighted by Gasteiger charge is 2.32. The molecule has 2 atom stereocenters. The fourth-order valence-corrected chi connectivity index (χ4v) is 4.88. The van der Waals surface area contributed by atoms with Crippen LogP contribution in [-0.2, 0) is 19.4 Å². The number of aryl methyl sites for hydroxylation is 1. The molecule has 1 saturated carbocycles. The van der Waals surface area contributed by atoms with Crippen molar-refractivity contribution in [2.45, 2.75) is 75.0 Å². The Labute approximate surface area is 139 Å².